The molecule has 0 bridgehead atoms. The number of rotatable bonds is 7. The van der Waals surface area contributed by atoms with Gasteiger partial charge in [0.25, 0.3) is 0 Å². The van der Waals surface area contributed by atoms with E-state index in [0.29, 0.717) is 5.92 Å². The van der Waals surface area contributed by atoms with Crippen LogP contribution in [0, 0.1) is 5.92 Å². The molecule has 1 heterocycles. The van der Waals surface area contributed by atoms with Crippen molar-refractivity contribution in [2.75, 3.05) is 41.0 Å². The Balaban J connectivity index is 2.58. The van der Waals surface area contributed by atoms with Crippen molar-refractivity contribution in [3.05, 3.63) is 0 Å². The second kappa shape index (κ2) is 8.53. The van der Waals surface area contributed by atoms with Crippen LogP contribution in [0.3, 0.4) is 0 Å². The van der Waals surface area contributed by atoms with Crippen LogP contribution in [0.15, 0.2) is 4.99 Å². The molecule has 1 aliphatic rings. The van der Waals surface area contributed by atoms with Crippen LogP contribution in [-0.4, -0.2) is 79.7 Å². The van der Waals surface area contributed by atoms with Gasteiger partial charge >= 0.3 is 0 Å². The largest absolute Gasteiger partial charge is 0.358 e. The van der Waals surface area contributed by atoms with Crippen LogP contribution in [0.4, 0.5) is 0 Å². The van der Waals surface area contributed by atoms with Crippen molar-refractivity contribution in [3.8, 4) is 0 Å². The molecular formula is C15H28N4O2S. The SMILES string of the molecule is CNC(=O)[C@@H](C[C@H](C)CC1=NC(C(=O)N(C)C)CS1)N(C)C. The second-order valence-corrected chi connectivity index (χ2v) is 7.31. The average molecular weight is 328 g/mol. The molecule has 0 aromatic carbocycles. The molecule has 2 amide bonds. The molecule has 0 fully saturated rings. The Bertz CT molecular complexity index is 437. The van der Waals surface area contributed by atoms with E-state index in [4.69, 9.17) is 0 Å². The van der Waals surface area contributed by atoms with E-state index in [9.17, 15) is 9.59 Å². The highest BCUT2D eigenvalue weighted by Crippen LogP contribution is 2.26. The summed E-state index contributed by atoms with van der Waals surface area (Å²) in [5.74, 6) is 1.17. The molecule has 1 unspecified atom stereocenters. The predicted octanol–water partition coefficient (Wildman–Crippen LogP) is 0.681. The highest BCUT2D eigenvalue weighted by atomic mass is 32.2. The van der Waals surface area contributed by atoms with Crippen molar-refractivity contribution < 1.29 is 9.59 Å². The number of nitrogens with zero attached hydrogens (tertiary/aromatic N) is 3. The van der Waals surface area contributed by atoms with Gasteiger partial charge in [-0.05, 0) is 32.9 Å². The zero-order chi connectivity index (χ0) is 16.9. The summed E-state index contributed by atoms with van der Waals surface area (Å²) in [6.45, 7) is 2.13. The first kappa shape index (κ1) is 19.0. The molecule has 0 saturated heterocycles. The lowest BCUT2D eigenvalue weighted by Crippen LogP contribution is -2.43. The molecule has 7 heteroatoms. The lowest BCUT2D eigenvalue weighted by Gasteiger charge is -2.25. The lowest BCUT2D eigenvalue weighted by atomic mass is 9.97. The summed E-state index contributed by atoms with van der Waals surface area (Å²) in [7, 11) is 9.01. The molecule has 0 aliphatic carbocycles. The first-order valence-electron chi connectivity index (χ1n) is 7.54. The van der Waals surface area contributed by atoms with Gasteiger partial charge in [-0.15, -0.1) is 11.8 Å². The van der Waals surface area contributed by atoms with E-state index in [2.05, 4.69) is 17.2 Å². The van der Waals surface area contributed by atoms with Gasteiger partial charge in [0.2, 0.25) is 11.8 Å². The van der Waals surface area contributed by atoms with Gasteiger partial charge in [0.05, 0.1) is 11.1 Å². The Morgan fingerprint density at radius 1 is 1.36 bits per heavy atom. The van der Waals surface area contributed by atoms with E-state index in [-0.39, 0.29) is 23.9 Å². The van der Waals surface area contributed by atoms with Crippen LogP contribution in [-0.2, 0) is 9.59 Å². The third-order valence-corrected chi connectivity index (χ3v) is 4.84. The van der Waals surface area contributed by atoms with Crippen LogP contribution in [0.2, 0.25) is 0 Å². The number of carbonyl (C=O) groups excluding carboxylic acids is 2. The van der Waals surface area contributed by atoms with E-state index >= 15 is 0 Å². The fourth-order valence-electron chi connectivity index (χ4n) is 2.44. The Labute approximate surface area is 137 Å². The molecule has 1 aliphatic heterocycles. The molecule has 6 nitrogen and oxygen atoms in total. The summed E-state index contributed by atoms with van der Waals surface area (Å²) in [6.07, 6.45) is 1.60. The van der Waals surface area contributed by atoms with Gasteiger partial charge in [0.1, 0.15) is 6.04 Å². The first-order chi connectivity index (χ1) is 10.3. The van der Waals surface area contributed by atoms with E-state index in [1.54, 1.807) is 37.8 Å². The fourth-order valence-corrected chi connectivity index (χ4v) is 3.61. The molecular weight excluding hydrogens is 300 g/mol. The maximum Gasteiger partial charge on any atom is 0.247 e. The molecule has 126 valence electrons. The van der Waals surface area contributed by atoms with Crippen LogP contribution >= 0.6 is 11.8 Å². The Kier molecular flexibility index (Phi) is 7.35. The van der Waals surface area contributed by atoms with Gasteiger partial charge in [0, 0.05) is 26.9 Å². The average Bonchev–Trinajstić information content (AvgIpc) is 2.90. The monoisotopic (exact) mass is 328 g/mol. The summed E-state index contributed by atoms with van der Waals surface area (Å²) in [5.41, 5.74) is 0. The fraction of sp³-hybridized carbons (Fsp3) is 0.800. The molecule has 22 heavy (non-hydrogen) atoms. The molecule has 0 aromatic heterocycles. The van der Waals surface area contributed by atoms with Crippen molar-refractivity contribution in [2.24, 2.45) is 10.9 Å². The number of nitrogens with one attached hydrogen (secondary N) is 1. The van der Waals surface area contributed by atoms with Gasteiger partial charge < -0.3 is 10.2 Å². The zero-order valence-corrected chi connectivity index (χ0v) is 15.2. The van der Waals surface area contributed by atoms with Crippen molar-refractivity contribution in [1.82, 2.24) is 15.1 Å². The smallest absolute Gasteiger partial charge is 0.247 e. The molecule has 0 saturated carbocycles. The normalized spacial score (nSPS) is 20.5. The van der Waals surface area contributed by atoms with E-state index in [1.165, 1.54) is 0 Å². The second-order valence-electron chi connectivity index (χ2n) is 6.22. The Morgan fingerprint density at radius 2 is 2.00 bits per heavy atom. The van der Waals surface area contributed by atoms with E-state index in [0.717, 1.165) is 23.6 Å². The number of aliphatic imine (C=N–C) groups is 1. The van der Waals surface area contributed by atoms with E-state index < -0.39 is 0 Å². The van der Waals surface area contributed by atoms with E-state index in [1.807, 2.05) is 19.0 Å². The summed E-state index contributed by atoms with van der Waals surface area (Å²) in [5, 5.41) is 3.74. The van der Waals surface area contributed by atoms with Crippen LogP contribution in [0.1, 0.15) is 19.8 Å². The summed E-state index contributed by atoms with van der Waals surface area (Å²) >= 11 is 1.66. The molecule has 0 aromatic rings. The minimum atomic E-state index is -0.245. The minimum absolute atomic E-state index is 0.0403. The quantitative estimate of drug-likeness (QED) is 0.746. The van der Waals surface area contributed by atoms with Crippen molar-refractivity contribution >= 4 is 28.6 Å². The summed E-state index contributed by atoms with van der Waals surface area (Å²) in [4.78, 5) is 31.9. The number of amides is 2. The summed E-state index contributed by atoms with van der Waals surface area (Å²) in [6, 6.07) is -0.378. The lowest BCUT2D eigenvalue weighted by molar-refractivity contribution is -0.129. The third kappa shape index (κ3) is 5.28. The van der Waals surface area contributed by atoms with Gasteiger partial charge in [-0.25, -0.2) is 0 Å². The number of hydrogen-bond acceptors (Lipinski definition) is 5. The van der Waals surface area contributed by atoms with Crippen molar-refractivity contribution in [3.63, 3.8) is 0 Å². The standard InChI is InChI=1S/C15H28N4O2S/c1-10(7-12(18(3)4)14(20)16-2)8-13-17-11(9-22-13)15(21)19(5)6/h10-12H,7-9H2,1-6H3,(H,16,20)/t10-,11?,12+/m0/s1. The zero-order valence-electron chi connectivity index (χ0n) is 14.4. The van der Waals surface area contributed by atoms with Gasteiger partial charge in [-0.3, -0.25) is 19.5 Å². The number of carbonyl (C=O) groups is 2. The topological polar surface area (TPSA) is 65.0 Å². The first-order valence-corrected chi connectivity index (χ1v) is 8.53. The highest BCUT2D eigenvalue weighted by molar-refractivity contribution is 8.14. The third-order valence-electron chi connectivity index (χ3n) is 3.75. The predicted molar refractivity (Wildman–Crippen MR) is 92.3 cm³/mol. The molecule has 0 spiro atoms. The number of likely N-dealkylation sites (N-methyl/N-ethyl adjacent to an activating group) is 3. The van der Waals surface area contributed by atoms with Crippen molar-refractivity contribution in [2.45, 2.75) is 31.8 Å². The van der Waals surface area contributed by atoms with Crippen LogP contribution < -0.4 is 5.32 Å². The van der Waals surface area contributed by atoms with Crippen LogP contribution in [0.5, 0.6) is 0 Å². The molecule has 1 N–H and O–H groups in total. The maximum atomic E-state index is 11.9. The number of thioether (sulfide) groups is 1. The Morgan fingerprint density at radius 3 is 2.50 bits per heavy atom. The number of hydrogen-bond donors (Lipinski definition) is 1. The Hall–Kier alpha value is -1.08. The molecule has 3 atom stereocenters. The van der Waals surface area contributed by atoms with Crippen LogP contribution in [0.25, 0.3) is 0 Å². The van der Waals surface area contributed by atoms with Gasteiger partial charge in [-0.1, -0.05) is 6.92 Å². The highest BCUT2D eigenvalue weighted by Gasteiger charge is 2.28. The van der Waals surface area contributed by atoms with Gasteiger partial charge in [-0.2, -0.15) is 0 Å². The van der Waals surface area contributed by atoms with Gasteiger partial charge in [0.15, 0.2) is 0 Å². The molecule has 0 radical (unpaired) electrons. The molecule has 1 rings (SSSR count). The maximum absolute atomic E-state index is 11.9. The van der Waals surface area contributed by atoms with Crippen molar-refractivity contribution in [1.29, 1.82) is 0 Å². The minimum Gasteiger partial charge on any atom is -0.358 e. The summed E-state index contributed by atoms with van der Waals surface area (Å²) < 4.78 is 0.